The highest BCUT2D eigenvalue weighted by Crippen LogP contribution is 2.26. The maximum absolute atomic E-state index is 13.1. The summed E-state index contributed by atoms with van der Waals surface area (Å²) < 4.78 is 1.74. The Morgan fingerprint density at radius 2 is 1.69 bits per heavy atom. The number of amides is 2. The molecule has 2 aromatic carbocycles. The van der Waals surface area contributed by atoms with Crippen molar-refractivity contribution in [3.63, 3.8) is 0 Å². The van der Waals surface area contributed by atoms with Crippen LogP contribution in [0, 0.1) is 6.92 Å². The molecule has 6 heteroatoms. The molecule has 0 aliphatic heterocycles. The second kappa shape index (κ2) is 9.81. The number of benzene rings is 2. The zero-order valence-electron chi connectivity index (χ0n) is 19.6. The predicted octanol–water partition coefficient (Wildman–Crippen LogP) is 4.97. The summed E-state index contributed by atoms with van der Waals surface area (Å²) in [6, 6.07) is 19.1. The summed E-state index contributed by atoms with van der Waals surface area (Å²) >= 11 is 0. The molecule has 0 aliphatic carbocycles. The lowest BCUT2D eigenvalue weighted by molar-refractivity contribution is -0.116. The average Bonchev–Trinajstić information content (AvgIpc) is 3.18. The van der Waals surface area contributed by atoms with Gasteiger partial charge in [-0.1, -0.05) is 64.1 Å². The highest BCUT2D eigenvalue weighted by Gasteiger charge is 2.23. The number of aryl methyl sites for hydroxylation is 1. The van der Waals surface area contributed by atoms with Gasteiger partial charge in [0.2, 0.25) is 5.91 Å². The van der Waals surface area contributed by atoms with Crippen molar-refractivity contribution in [3.8, 4) is 5.69 Å². The molecule has 0 unspecified atom stereocenters. The third-order valence-corrected chi connectivity index (χ3v) is 5.24. The molecule has 1 N–H and O–H groups in total. The fraction of sp³-hybridized carbons (Fsp3) is 0.346. The molecule has 0 radical (unpaired) electrons. The molecule has 0 saturated carbocycles. The van der Waals surface area contributed by atoms with Gasteiger partial charge in [0.15, 0.2) is 0 Å². The molecule has 3 rings (SSSR count). The normalized spacial score (nSPS) is 11.3. The van der Waals surface area contributed by atoms with E-state index in [0.29, 0.717) is 17.9 Å². The number of hydrogen-bond acceptors (Lipinski definition) is 3. The van der Waals surface area contributed by atoms with Gasteiger partial charge in [0.25, 0.3) is 5.91 Å². The van der Waals surface area contributed by atoms with E-state index in [-0.39, 0.29) is 23.8 Å². The molecule has 0 bridgehead atoms. The van der Waals surface area contributed by atoms with E-state index in [4.69, 9.17) is 5.10 Å². The van der Waals surface area contributed by atoms with Gasteiger partial charge in [-0.3, -0.25) is 9.59 Å². The predicted molar refractivity (Wildman–Crippen MR) is 128 cm³/mol. The summed E-state index contributed by atoms with van der Waals surface area (Å²) in [6.45, 7) is 10.6. The number of carbonyl (C=O) groups is 2. The third-order valence-electron chi connectivity index (χ3n) is 5.24. The molecule has 0 spiro atoms. The van der Waals surface area contributed by atoms with Crippen LogP contribution in [0.2, 0.25) is 0 Å². The minimum Gasteiger partial charge on any atom is -0.329 e. The average molecular weight is 433 g/mol. The van der Waals surface area contributed by atoms with Crippen LogP contribution in [-0.2, 0) is 10.2 Å². The van der Waals surface area contributed by atoms with Gasteiger partial charge in [0, 0.05) is 23.6 Å². The topological polar surface area (TPSA) is 67.2 Å². The lowest BCUT2D eigenvalue weighted by Gasteiger charge is -2.22. The van der Waals surface area contributed by atoms with Crippen molar-refractivity contribution in [1.29, 1.82) is 0 Å². The van der Waals surface area contributed by atoms with E-state index in [9.17, 15) is 9.59 Å². The van der Waals surface area contributed by atoms with Crippen molar-refractivity contribution in [2.24, 2.45) is 0 Å². The van der Waals surface area contributed by atoms with Gasteiger partial charge < -0.3 is 10.2 Å². The summed E-state index contributed by atoms with van der Waals surface area (Å²) in [6.07, 6.45) is 0.765. The van der Waals surface area contributed by atoms with E-state index in [0.717, 1.165) is 23.4 Å². The largest absolute Gasteiger partial charge is 0.329 e. The molecule has 3 aromatic rings. The van der Waals surface area contributed by atoms with Crippen molar-refractivity contribution in [3.05, 3.63) is 77.5 Å². The fourth-order valence-electron chi connectivity index (χ4n) is 3.46. The van der Waals surface area contributed by atoms with E-state index >= 15 is 0 Å². The Labute approximate surface area is 190 Å². The lowest BCUT2D eigenvalue weighted by atomic mass is 9.92. The Balaban J connectivity index is 1.84. The fourth-order valence-corrected chi connectivity index (χ4v) is 3.46. The molecule has 168 valence electrons. The van der Waals surface area contributed by atoms with E-state index < -0.39 is 0 Å². The number of anilines is 1. The molecule has 0 saturated heterocycles. The highest BCUT2D eigenvalue weighted by molar-refractivity contribution is 6.00. The molecule has 2 amide bonds. The summed E-state index contributed by atoms with van der Waals surface area (Å²) in [5, 5.41) is 7.71. The first kappa shape index (κ1) is 23.3. The van der Waals surface area contributed by atoms with Crippen LogP contribution in [0.25, 0.3) is 5.69 Å². The first-order valence-corrected chi connectivity index (χ1v) is 11.0. The van der Waals surface area contributed by atoms with Crippen molar-refractivity contribution in [2.75, 3.05) is 18.4 Å². The van der Waals surface area contributed by atoms with E-state index in [1.54, 1.807) is 15.6 Å². The van der Waals surface area contributed by atoms with Crippen molar-refractivity contribution < 1.29 is 9.59 Å². The maximum Gasteiger partial charge on any atom is 0.254 e. The monoisotopic (exact) mass is 432 g/mol. The van der Waals surface area contributed by atoms with Crippen LogP contribution >= 0.6 is 0 Å². The van der Waals surface area contributed by atoms with Gasteiger partial charge in [0.05, 0.1) is 11.4 Å². The minimum atomic E-state index is -0.252. The zero-order valence-corrected chi connectivity index (χ0v) is 19.6. The quantitative estimate of drug-likeness (QED) is 0.573. The van der Waals surface area contributed by atoms with Gasteiger partial charge in [-0.15, -0.1) is 0 Å². The molecule has 1 heterocycles. The van der Waals surface area contributed by atoms with Gasteiger partial charge in [0.1, 0.15) is 12.4 Å². The standard InChI is InChI=1S/C26H32N4O2/c1-6-16-29(25(32)21-15-11-10-12-19(21)2)18-24(31)27-23-17-22(26(3,4)5)28-30(23)20-13-8-7-9-14-20/h7-15,17H,6,16,18H2,1-5H3,(H,27,31). The smallest absolute Gasteiger partial charge is 0.254 e. The van der Waals surface area contributed by atoms with Crippen LogP contribution in [-0.4, -0.2) is 39.6 Å². The van der Waals surface area contributed by atoms with E-state index in [1.807, 2.05) is 68.4 Å². The summed E-state index contributed by atoms with van der Waals surface area (Å²) in [7, 11) is 0. The second-order valence-electron chi connectivity index (χ2n) is 9.00. The summed E-state index contributed by atoms with van der Waals surface area (Å²) in [5.74, 6) is 0.205. The van der Waals surface area contributed by atoms with Crippen LogP contribution in [0.1, 0.15) is 55.7 Å². The second-order valence-corrected chi connectivity index (χ2v) is 9.00. The molecule has 1 aromatic heterocycles. The van der Waals surface area contributed by atoms with E-state index in [2.05, 4.69) is 26.1 Å². The van der Waals surface area contributed by atoms with Crippen LogP contribution in [0.4, 0.5) is 5.82 Å². The Hall–Kier alpha value is -3.41. The first-order chi connectivity index (χ1) is 15.2. The number of nitrogens with zero attached hydrogens (tertiary/aromatic N) is 3. The van der Waals surface area contributed by atoms with Crippen molar-refractivity contribution in [1.82, 2.24) is 14.7 Å². The Morgan fingerprint density at radius 1 is 1.03 bits per heavy atom. The Morgan fingerprint density at radius 3 is 2.31 bits per heavy atom. The van der Waals surface area contributed by atoms with Crippen LogP contribution in [0.15, 0.2) is 60.7 Å². The van der Waals surface area contributed by atoms with Crippen LogP contribution in [0.3, 0.4) is 0 Å². The third kappa shape index (κ3) is 5.44. The minimum absolute atomic E-state index is 0.0220. The lowest BCUT2D eigenvalue weighted by Crippen LogP contribution is -2.39. The van der Waals surface area contributed by atoms with Crippen molar-refractivity contribution >= 4 is 17.6 Å². The molecule has 0 fully saturated rings. The highest BCUT2D eigenvalue weighted by atomic mass is 16.2. The number of para-hydroxylation sites is 1. The molecule has 32 heavy (non-hydrogen) atoms. The SMILES string of the molecule is CCCN(CC(=O)Nc1cc(C(C)(C)C)nn1-c1ccccc1)C(=O)c1ccccc1C. The van der Waals surface area contributed by atoms with Gasteiger partial charge in [-0.25, -0.2) is 4.68 Å². The Bertz CT molecular complexity index is 1080. The molecule has 6 nitrogen and oxygen atoms in total. The summed E-state index contributed by atoms with van der Waals surface area (Å²) in [5.41, 5.74) is 3.08. The number of aromatic nitrogens is 2. The maximum atomic E-state index is 13.1. The first-order valence-electron chi connectivity index (χ1n) is 11.0. The van der Waals surface area contributed by atoms with Gasteiger partial charge in [-0.05, 0) is 37.1 Å². The summed E-state index contributed by atoms with van der Waals surface area (Å²) in [4.78, 5) is 27.7. The number of carbonyl (C=O) groups excluding carboxylic acids is 2. The Kier molecular flexibility index (Phi) is 7.13. The number of rotatable bonds is 7. The van der Waals surface area contributed by atoms with Crippen LogP contribution in [0.5, 0.6) is 0 Å². The zero-order chi connectivity index (χ0) is 23.3. The van der Waals surface area contributed by atoms with Crippen molar-refractivity contribution in [2.45, 2.75) is 46.5 Å². The van der Waals surface area contributed by atoms with E-state index in [1.165, 1.54) is 0 Å². The molecular weight excluding hydrogens is 400 g/mol. The van der Waals surface area contributed by atoms with Gasteiger partial charge >= 0.3 is 0 Å². The number of hydrogen-bond donors (Lipinski definition) is 1. The van der Waals surface area contributed by atoms with Crippen LogP contribution < -0.4 is 5.32 Å². The molecular formula is C26H32N4O2. The molecule has 0 aliphatic rings. The van der Waals surface area contributed by atoms with Gasteiger partial charge in [-0.2, -0.15) is 5.10 Å². The number of nitrogens with one attached hydrogen (secondary N) is 1. The molecule has 0 atom stereocenters.